The highest BCUT2D eigenvalue weighted by molar-refractivity contribution is 9.10. The molecule has 0 radical (unpaired) electrons. The van der Waals surface area contributed by atoms with Crippen molar-refractivity contribution in [3.63, 3.8) is 0 Å². The van der Waals surface area contributed by atoms with E-state index in [9.17, 15) is 9.18 Å². The van der Waals surface area contributed by atoms with Crippen LogP contribution in [-0.4, -0.2) is 5.78 Å². The second-order valence-corrected chi connectivity index (χ2v) is 5.49. The van der Waals surface area contributed by atoms with Crippen molar-refractivity contribution in [3.8, 4) is 0 Å². The number of carbonyl (C=O) groups is 1. The molecule has 0 aliphatic heterocycles. The smallest absolute Gasteiger partial charge is 0.228 e. The molecule has 3 aromatic rings. The summed E-state index contributed by atoms with van der Waals surface area (Å²) < 4.78 is 18.9. The van der Waals surface area contributed by atoms with Gasteiger partial charge in [-0.05, 0) is 46.3 Å². The van der Waals surface area contributed by atoms with E-state index in [0.29, 0.717) is 16.2 Å². The molecule has 0 saturated heterocycles. The number of carbonyl (C=O) groups excluding carboxylic acids is 1. The molecule has 3 rings (SSSR count). The van der Waals surface area contributed by atoms with Crippen LogP contribution in [0.5, 0.6) is 0 Å². The molecule has 20 heavy (non-hydrogen) atoms. The number of rotatable bonds is 2. The first-order chi connectivity index (χ1) is 9.56. The lowest BCUT2D eigenvalue weighted by molar-refractivity contribution is 0.101. The van der Waals surface area contributed by atoms with Crippen LogP contribution >= 0.6 is 27.5 Å². The predicted octanol–water partition coefficient (Wildman–Crippen LogP) is 5.22. The Morgan fingerprint density at radius 1 is 1.20 bits per heavy atom. The van der Waals surface area contributed by atoms with Gasteiger partial charge in [0.2, 0.25) is 5.78 Å². The molecule has 0 N–H and O–H groups in total. The second-order valence-electron chi connectivity index (χ2n) is 4.23. The van der Waals surface area contributed by atoms with Crippen LogP contribution in [0.1, 0.15) is 16.1 Å². The average Bonchev–Trinajstić information content (AvgIpc) is 2.86. The van der Waals surface area contributed by atoms with E-state index in [1.165, 1.54) is 18.2 Å². The number of hydrogen-bond acceptors (Lipinski definition) is 2. The Bertz CT molecular complexity index is 826. The quantitative estimate of drug-likeness (QED) is 0.591. The lowest BCUT2D eigenvalue weighted by atomic mass is 10.1. The number of ketones is 1. The Morgan fingerprint density at radius 3 is 2.70 bits per heavy atom. The van der Waals surface area contributed by atoms with Gasteiger partial charge in [-0.15, -0.1) is 0 Å². The number of halogens is 3. The highest BCUT2D eigenvalue weighted by Crippen LogP contribution is 2.28. The Labute approximate surface area is 127 Å². The van der Waals surface area contributed by atoms with Crippen molar-refractivity contribution in [1.82, 2.24) is 0 Å². The van der Waals surface area contributed by atoms with Crippen LogP contribution in [0.2, 0.25) is 5.02 Å². The highest BCUT2D eigenvalue weighted by atomic mass is 79.9. The number of furan rings is 1. The summed E-state index contributed by atoms with van der Waals surface area (Å²) in [4.78, 5) is 12.3. The molecule has 1 aromatic heterocycles. The van der Waals surface area contributed by atoms with E-state index in [0.717, 1.165) is 5.39 Å². The van der Waals surface area contributed by atoms with Gasteiger partial charge in [0.25, 0.3) is 0 Å². The van der Waals surface area contributed by atoms with Gasteiger partial charge >= 0.3 is 0 Å². The summed E-state index contributed by atoms with van der Waals surface area (Å²) in [6, 6.07) is 11.0. The van der Waals surface area contributed by atoms with E-state index in [1.807, 2.05) is 6.07 Å². The maximum atomic E-state index is 13.2. The first-order valence-corrected chi connectivity index (χ1v) is 6.91. The molecular formula is C15H7BrClFO2. The third-order valence-electron chi connectivity index (χ3n) is 2.90. The maximum absolute atomic E-state index is 13.2. The van der Waals surface area contributed by atoms with Crippen LogP contribution in [0.4, 0.5) is 4.39 Å². The molecule has 0 spiro atoms. The van der Waals surface area contributed by atoms with E-state index in [-0.39, 0.29) is 16.0 Å². The van der Waals surface area contributed by atoms with Gasteiger partial charge in [0.05, 0.1) is 9.50 Å². The van der Waals surface area contributed by atoms with E-state index < -0.39 is 5.82 Å². The molecule has 2 aromatic carbocycles. The molecular weight excluding hydrogens is 347 g/mol. The number of benzene rings is 2. The van der Waals surface area contributed by atoms with Gasteiger partial charge in [-0.1, -0.05) is 23.7 Å². The fourth-order valence-electron chi connectivity index (χ4n) is 1.92. The van der Waals surface area contributed by atoms with Crippen molar-refractivity contribution < 1.29 is 13.6 Å². The number of para-hydroxylation sites is 1. The largest absolute Gasteiger partial charge is 0.451 e. The summed E-state index contributed by atoms with van der Waals surface area (Å²) >= 11 is 9.06. The van der Waals surface area contributed by atoms with Crippen molar-refractivity contribution in [3.05, 3.63) is 69.1 Å². The Balaban J connectivity index is 2.08. The minimum Gasteiger partial charge on any atom is -0.451 e. The Morgan fingerprint density at radius 2 is 2.00 bits per heavy atom. The standard InChI is InChI=1S/C15H7BrClFO2/c16-10-6-8(4-5-12(10)18)14(19)13-7-9-2-1-3-11(17)15(9)20-13/h1-7H. The summed E-state index contributed by atoms with van der Waals surface area (Å²) in [5, 5.41) is 1.20. The van der Waals surface area contributed by atoms with Crippen LogP contribution in [0.15, 0.2) is 51.4 Å². The predicted molar refractivity (Wildman–Crippen MR) is 78.8 cm³/mol. The van der Waals surface area contributed by atoms with Crippen molar-refractivity contribution >= 4 is 44.3 Å². The van der Waals surface area contributed by atoms with Gasteiger partial charge in [0.1, 0.15) is 5.82 Å². The molecule has 5 heteroatoms. The molecule has 100 valence electrons. The summed E-state index contributed by atoms with van der Waals surface area (Å²) in [6.45, 7) is 0. The summed E-state index contributed by atoms with van der Waals surface area (Å²) in [7, 11) is 0. The van der Waals surface area contributed by atoms with E-state index in [2.05, 4.69) is 15.9 Å². The van der Waals surface area contributed by atoms with Gasteiger partial charge in [-0.2, -0.15) is 0 Å². The average molecular weight is 354 g/mol. The summed E-state index contributed by atoms with van der Waals surface area (Å²) in [5.41, 5.74) is 0.812. The third kappa shape index (κ3) is 2.25. The zero-order valence-electron chi connectivity index (χ0n) is 9.99. The van der Waals surface area contributed by atoms with Crippen LogP contribution in [0.3, 0.4) is 0 Å². The molecule has 0 fully saturated rings. The molecule has 2 nitrogen and oxygen atoms in total. The molecule has 0 saturated carbocycles. The SMILES string of the molecule is O=C(c1ccc(F)c(Br)c1)c1cc2cccc(Cl)c2o1. The topological polar surface area (TPSA) is 30.2 Å². The van der Waals surface area contributed by atoms with Gasteiger partial charge in [0, 0.05) is 10.9 Å². The van der Waals surface area contributed by atoms with Gasteiger partial charge in [-0.25, -0.2) is 4.39 Å². The van der Waals surface area contributed by atoms with Crippen molar-refractivity contribution in [2.24, 2.45) is 0 Å². The van der Waals surface area contributed by atoms with Crippen LogP contribution in [0.25, 0.3) is 11.0 Å². The first-order valence-electron chi connectivity index (χ1n) is 5.74. The zero-order chi connectivity index (χ0) is 14.3. The van der Waals surface area contributed by atoms with Crippen LogP contribution < -0.4 is 0 Å². The monoisotopic (exact) mass is 352 g/mol. The van der Waals surface area contributed by atoms with Crippen LogP contribution in [-0.2, 0) is 0 Å². The van der Waals surface area contributed by atoms with Crippen molar-refractivity contribution in [1.29, 1.82) is 0 Å². The molecule has 0 atom stereocenters. The molecule has 0 unspecified atom stereocenters. The molecule has 0 aliphatic carbocycles. The molecule has 0 aliphatic rings. The van der Waals surface area contributed by atoms with E-state index in [1.54, 1.807) is 18.2 Å². The van der Waals surface area contributed by atoms with Gasteiger partial charge in [0.15, 0.2) is 11.3 Å². The van der Waals surface area contributed by atoms with Crippen LogP contribution in [0, 0.1) is 5.82 Å². The fourth-order valence-corrected chi connectivity index (χ4v) is 2.52. The lowest BCUT2D eigenvalue weighted by Gasteiger charge is -1.99. The maximum Gasteiger partial charge on any atom is 0.228 e. The molecule has 1 heterocycles. The fraction of sp³-hybridized carbons (Fsp3) is 0. The summed E-state index contributed by atoms with van der Waals surface area (Å²) in [5.74, 6) is -0.571. The number of hydrogen-bond donors (Lipinski definition) is 0. The van der Waals surface area contributed by atoms with E-state index >= 15 is 0 Å². The Hall–Kier alpha value is -1.65. The minimum absolute atomic E-state index is 0.173. The Kier molecular flexibility index (Phi) is 3.36. The zero-order valence-corrected chi connectivity index (χ0v) is 12.3. The van der Waals surface area contributed by atoms with Gasteiger partial charge in [-0.3, -0.25) is 4.79 Å². The first kappa shape index (κ1) is 13.3. The lowest BCUT2D eigenvalue weighted by Crippen LogP contribution is -1.99. The molecule has 0 bridgehead atoms. The summed E-state index contributed by atoms with van der Waals surface area (Å²) in [6.07, 6.45) is 0. The second kappa shape index (κ2) is 5.04. The van der Waals surface area contributed by atoms with E-state index in [4.69, 9.17) is 16.0 Å². The minimum atomic E-state index is -0.422. The normalized spacial score (nSPS) is 10.9. The highest BCUT2D eigenvalue weighted by Gasteiger charge is 2.16. The van der Waals surface area contributed by atoms with Crippen molar-refractivity contribution in [2.45, 2.75) is 0 Å². The van der Waals surface area contributed by atoms with Crippen molar-refractivity contribution in [2.75, 3.05) is 0 Å². The van der Waals surface area contributed by atoms with Gasteiger partial charge < -0.3 is 4.42 Å². The number of fused-ring (bicyclic) bond motifs is 1. The third-order valence-corrected chi connectivity index (χ3v) is 3.81. The molecule has 0 amide bonds.